The van der Waals surface area contributed by atoms with E-state index in [1.807, 2.05) is 0 Å². The minimum atomic E-state index is -0.348. The molecule has 0 aromatic carbocycles. The number of nitrogens with one attached hydrogen (secondary N) is 1. The Labute approximate surface area is 94.9 Å². The molecule has 1 amide bonds. The number of amides is 1. The molecule has 2 heterocycles. The van der Waals surface area contributed by atoms with Gasteiger partial charge in [0.15, 0.2) is 0 Å². The van der Waals surface area contributed by atoms with Crippen molar-refractivity contribution in [1.29, 1.82) is 0 Å². The number of nitrogens with zero attached hydrogens (tertiary/aromatic N) is 4. The van der Waals surface area contributed by atoms with Crippen LogP contribution >= 0.6 is 11.3 Å². The van der Waals surface area contributed by atoms with Crippen molar-refractivity contribution in [3.63, 3.8) is 0 Å². The van der Waals surface area contributed by atoms with Gasteiger partial charge in [0.25, 0.3) is 5.91 Å². The Morgan fingerprint density at radius 1 is 1.50 bits per heavy atom. The fraction of sp³-hybridized carbons (Fsp3) is 0.375. The summed E-state index contributed by atoms with van der Waals surface area (Å²) < 4.78 is 4.97. The molecule has 0 fully saturated rings. The Bertz CT molecular complexity index is 480. The van der Waals surface area contributed by atoms with Gasteiger partial charge < -0.3 is 9.73 Å². The van der Waals surface area contributed by atoms with Crippen molar-refractivity contribution < 1.29 is 9.21 Å². The molecule has 2 aromatic heterocycles. The maximum absolute atomic E-state index is 11.7. The summed E-state index contributed by atoms with van der Waals surface area (Å²) in [5.74, 6) is 0.0610. The van der Waals surface area contributed by atoms with E-state index in [1.165, 1.54) is 17.7 Å². The van der Waals surface area contributed by atoms with Crippen molar-refractivity contribution in [2.45, 2.75) is 19.9 Å². The van der Waals surface area contributed by atoms with E-state index in [-0.39, 0.29) is 11.9 Å². The van der Waals surface area contributed by atoms with E-state index in [0.717, 1.165) is 5.01 Å². The van der Waals surface area contributed by atoms with Gasteiger partial charge in [-0.2, -0.15) is 0 Å². The summed E-state index contributed by atoms with van der Waals surface area (Å²) in [6.07, 6.45) is 1.22. The number of aromatic nitrogens is 4. The lowest BCUT2D eigenvalue weighted by Gasteiger charge is -2.07. The molecule has 84 valence electrons. The highest BCUT2D eigenvalue weighted by molar-refractivity contribution is 7.13. The van der Waals surface area contributed by atoms with Crippen LogP contribution in [0.15, 0.2) is 10.8 Å². The van der Waals surface area contributed by atoms with E-state index >= 15 is 0 Å². The Morgan fingerprint density at radius 3 is 2.88 bits per heavy atom. The van der Waals surface area contributed by atoms with Crippen LogP contribution in [0.4, 0.5) is 0 Å². The average Bonchev–Trinajstić information content (AvgIpc) is 2.87. The van der Waals surface area contributed by atoms with Crippen LogP contribution in [-0.2, 0) is 0 Å². The zero-order valence-corrected chi connectivity index (χ0v) is 9.48. The van der Waals surface area contributed by atoms with Crippen LogP contribution in [0.1, 0.15) is 33.7 Å². The lowest BCUT2D eigenvalue weighted by atomic mass is 10.3. The maximum Gasteiger partial charge on any atom is 0.282 e. The third-order valence-electron chi connectivity index (χ3n) is 1.82. The second kappa shape index (κ2) is 4.35. The van der Waals surface area contributed by atoms with Gasteiger partial charge in [0.1, 0.15) is 11.0 Å². The van der Waals surface area contributed by atoms with Crippen molar-refractivity contribution in [3.05, 3.63) is 22.3 Å². The van der Waals surface area contributed by atoms with Crippen LogP contribution in [0.2, 0.25) is 0 Å². The lowest BCUT2D eigenvalue weighted by molar-refractivity contribution is 0.0933. The molecule has 2 rings (SSSR count). The Kier molecular flexibility index (Phi) is 2.91. The fourth-order valence-electron chi connectivity index (χ4n) is 1.08. The SMILES string of the molecule is Cc1nnc(C(=O)N[C@H](C)c2nnco2)s1. The molecule has 1 N–H and O–H groups in total. The Hall–Kier alpha value is -1.83. The van der Waals surface area contributed by atoms with Gasteiger partial charge >= 0.3 is 0 Å². The van der Waals surface area contributed by atoms with Crippen LogP contribution in [0.25, 0.3) is 0 Å². The van der Waals surface area contributed by atoms with Crippen LogP contribution < -0.4 is 5.32 Å². The summed E-state index contributed by atoms with van der Waals surface area (Å²) in [6, 6.07) is -0.348. The number of rotatable bonds is 3. The molecule has 0 saturated heterocycles. The first-order chi connectivity index (χ1) is 7.66. The molecule has 0 aliphatic carbocycles. The molecule has 8 heteroatoms. The molecule has 0 radical (unpaired) electrons. The van der Waals surface area contributed by atoms with Crippen molar-refractivity contribution in [2.24, 2.45) is 0 Å². The zero-order valence-electron chi connectivity index (χ0n) is 8.67. The normalized spacial score (nSPS) is 12.4. The van der Waals surface area contributed by atoms with Crippen LogP contribution in [0.3, 0.4) is 0 Å². The molecule has 0 spiro atoms. The first-order valence-electron chi connectivity index (χ1n) is 4.54. The second-order valence-corrected chi connectivity index (χ2v) is 4.28. The molecule has 7 nitrogen and oxygen atoms in total. The topological polar surface area (TPSA) is 93.8 Å². The minimum Gasteiger partial charge on any atom is -0.426 e. The molecule has 0 aliphatic heterocycles. The highest BCUT2D eigenvalue weighted by Crippen LogP contribution is 2.11. The van der Waals surface area contributed by atoms with Gasteiger partial charge in [-0.05, 0) is 13.8 Å². The van der Waals surface area contributed by atoms with Gasteiger partial charge in [-0.3, -0.25) is 4.79 Å². The molecule has 2 aromatic rings. The summed E-state index contributed by atoms with van der Waals surface area (Å²) in [5.41, 5.74) is 0. The van der Waals surface area contributed by atoms with Crippen molar-refractivity contribution >= 4 is 17.2 Å². The van der Waals surface area contributed by atoms with E-state index in [9.17, 15) is 4.79 Å². The summed E-state index contributed by atoms with van der Waals surface area (Å²) in [6.45, 7) is 3.54. The van der Waals surface area contributed by atoms with E-state index in [0.29, 0.717) is 10.9 Å². The van der Waals surface area contributed by atoms with Crippen molar-refractivity contribution in [3.8, 4) is 0 Å². The quantitative estimate of drug-likeness (QED) is 0.848. The third-order valence-corrected chi connectivity index (χ3v) is 2.65. The molecule has 0 unspecified atom stereocenters. The molecule has 0 bridgehead atoms. The third kappa shape index (κ3) is 2.22. The maximum atomic E-state index is 11.7. The van der Waals surface area contributed by atoms with E-state index in [1.54, 1.807) is 13.8 Å². The van der Waals surface area contributed by atoms with Crippen molar-refractivity contribution in [2.75, 3.05) is 0 Å². The lowest BCUT2D eigenvalue weighted by Crippen LogP contribution is -2.26. The van der Waals surface area contributed by atoms with Crippen LogP contribution in [-0.4, -0.2) is 26.3 Å². The molecule has 1 atom stereocenters. The summed E-state index contributed by atoms with van der Waals surface area (Å²) in [7, 11) is 0. The number of hydrogen-bond acceptors (Lipinski definition) is 7. The Balaban J connectivity index is 2.03. The van der Waals surface area contributed by atoms with Crippen molar-refractivity contribution in [1.82, 2.24) is 25.7 Å². The largest absolute Gasteiger partial charge is 0.426 e. The molecule has 0 saturated carbocycles. The van der Waals surface area contributed by atoms with Gasteiger partial charge in [-0.15, -0.1) is 20.4 Å². The van der Waals surface area contributed by atoms with Gasteiger partial charge in [-0.1, -0.05) is 11.3 Å². The smallest absolute Gasteiger partial charge is 0.282 e. The fourth-order valence-corrected chi connectivity index (χ4v) is 1.67. The van der Waals surface area contributed by atoms with Gasteiger partial charge in [0.05, 0.1) is 0 Å². The molecule has 0 aliphatic rings. The number of carbonyl (C=O) groups is 1. The van der Waals surface area contributed by atoms with E-state index in [4.69, 9.17) is 4.42 Å². The predicted molar refractivity (Wildman–Crippen MR) is 54.8 cm³/mol. The van der Waals surface area contributed by atoms with Crippen LogP contribution in [0, 0.1) is 6.92 Å². The number of hydrogen-bond donors (Lipinski definition) is 1. The average molecular weight is 239 g/mol. The number of aryl methyl sites for hydroxylation is 1. The van der Waals surface area contributed by atoms with Gasteiger partial charge in [0, 0.05) is 0 Å². The highest BCUT2D eigenvalue weighted by Gasteiger charge is 2.17. The monoisotopic (exact) mass is 239 g/mol. The van der Waals surface area contributed by atoms with Gasteiger partial charge in [0.2, 0.25) is 17.3 Å². The molecule has 16 heavy (non-hydrogen) atoms. The second-order valence-electron chi connectivity index (χ2n) is 3.10. The highest BCUT2D eigenvalue weighted by atomic mass is 32.1. The van der Waals surface area contributed by atoms with E-state index in [2.05, 4.69) is 25.7 Å². The van der Waals surface area contributed by atoms with Gasteiger partial charge in [-0.25, -0.2) is 0 Å². The molecular formula is C8H9N5O2S. The predicted octanol–water partition coefficient (Wildman–Crippen LogP) is 0.721. The summed E-state index contributed by atoms with van der Waals surface area (Å²) >= 11 is 1.23. The summed E-state index contributed by atoms with van der Waals surface area (Å²) in [5, 5.41) is 18.5. The standard InChI is InChI=1S/C8H9N5O2S/c1-4(7-12-9-3-15-7)10-6(14)8-13-11-5(2)16-8/h3-4H,1-2H3,(H,10,14)/t4-/m1/s1. The summed E-state index contributed by atoms with van der Waals surface area (Å²) in [4.78, 5) is 11.7. The first kappa shape index (κ1) is 10.7. The number of carbonyl (C=O) groups excluding carboxylic acids is 1. The Morgan fingerprint density at radius 2 is 2.31 bits per heavy atom. The van der Waals surface area contributed by atoms with E-state index < -0.39 is 0 Å². The minimum absolute atomic E-state index is 0.295. The van der Waals surface area contributed by atoms with Crippen LogP contribution in [0.5, 0.6) is 0 Å². The first-order valence-corrected chi connectivity index (χ1v) is 5.35. The zero-order chi connectivity index (χ0) is 11.5. The molecular weight excluding hydrogens is 230 g/mol.